The highest BCUT2D eigenvalue weighted by atomic mass is 32.2. The number of hydrogen-bond donors (Lipinski definition) is 1. The Balaban J connectivity index is 1.70. The molecule has 1 aliphatic rings. The number of hydrogen-bond acceptors (Lipinski definition) is 7. The maximum atomic E-state index is 13.0. The van der Waals surface area contributed by atoms with Gasteiger partial charge in [0.05, 0.1) is 39.4 Å². The van der Waals surface area contributed by atoms with E-state index in [4.69, 9.17) is 14.2 Å². The number of amides is 1. The van der Waals surface area contributed by atoms with Gasteiger partial charge in [0.1, 0.15) is 6.04 Å². The predicted molar refractivity (Wildman–Crippen MR) is 131 cm³/mol. The quantitative estimate of drug-likeness (QED) is 0.543. The molecule has 9 nitrogen and oxygen atoms in total. The van der Waals surface area contributed by atoms with E-state index in [0.29, 0.717) is 23.7 Å². The van der Waals surface area contributed by atoms with Gasteiger partial charge in [0.25, 0.3) is 0 Å². The maximum Gasteiger partial charge on any atom is 0.243 e. The first-order valence-electron chi connectivity index (χ1n) is 11.1. The Morgan fingerprint density at radius 1 is 1.09 bits per heavy atom. The number of nitrogens with zero attached hydrogens (tertiary/aromatic N) is 2. The smallest absolute Gasteiger partial charge is 0.243 e. The van der Waals surface area contributed by atoms with Crippen molar-refractivity contribution in [3.63, 3.8) is 0 Å². The number of carbonyl (C=O) groups is 1. The van der Waals surface area contributed by atoms with Crippen LogP contribution in [0.2, 0.25) is 0 Å². The predicted octanol–water partition coefficient (Wildman–Crippen LogP) is 2.01. The van der Waals surface area contributed by atoms with Crippen molar-refractivity contribution in [2.24, 2.45) is 0 Å². The summed E-state index contributed by atoms with van der Waals surface area (Å²) in [7, 11) is -0.787. The van der Waals surface area contributed by atoms with Gasteiger partial charge in [-0.3, -0.25) is 14.0 Å². The lowest BCUT2D eigenvalue weighted by Gasteiger charge is -2.29. The van der Waals surface area contributed by atoms with Crippen molar-refractivity contribution in [3.05, 3.63) is 53.6 Å². The zero-order chi connectivity index (χ0) is 24.7. The van der Waals surface area contributed by atoms with Gasteiger partial charge in [-0.1, -0.05) is 24.3 Å². The van der Waals surface area contributed by atoms with Crippen LogP contribution in [0.3, 0.4) is 0 Å². The highest BCUT2D eigenvalue weighted by Crippen LogP contribution is 2.33. The average molecular weight is 492 g/mol. The summed E-state index contributed by atoms with van der Waals surface area (Å²) in [5.74, 6) is 0.436. The largest absolute Gasteiger partial charge is 0.493 e. The summed E-state index contributed by atoms with van der Waals surface area (Å²) in [6.07, 6.45) is 1.07. The van der Waals surface area contributed by atoms with Crippen LogP contribution >= 0.6 is 0 Å². The fourth-order valence-corrected chi connectivity index (χ4v) is 5.13. The molecule has 0 saturated carbocycles. The Kier molecular flexibility index (Phi) is 8.76. The van der Waals surface area contributed by atoms with Gasteiger partial charge < -0.3 is 19.5 Å². The average Bonchev–Trinajstić information content (AvgIpc) is 2.82. The molecule has 0 radical (unpaired) electrons. The Morgan fingerprint density at radius 2 is 1.76 bits per heavy atom. The SMILES string of the molecule is COc1ccc(N([C@H](C)C(=O)NCc2cccc(CN3CCOCC3)c2)S(C)(=O)=O)cc1OC. The van der Waals surface area contributed by atoms with Crippen molar-refractivity contribution in [2.45, 2.75) is 26.1 Å². The van der Waals surface area contributed by atoms with Crippen molar-refractivity contribution in [3.8, 4) is 11.5 Å². The first kappa shape index (κ1) is 25.8. The van der Waals surface area contributed by atoms with Crippen LogP contribution in [0.1, 0.15) is 18.1 Å². The molecule has 34 heavy (non-hydrogen) atoms. The monoisotopic (exact) mass is 491 g/mol. The highest BCUT2D eigenvalue weighted by Gasteiger charge is 2.29. The second-order valence-electron chi connectivity index (χ2n) is 8.20. The van der Waals surface area contributed by atoms with E-state index in [2.05, 4.69) is 22.3 Å². The summed E-state index contributed by atoms with van der Waals surface area (Å²) >= 11 is 0. The highest BCUT2D eigenvalue weighted by molar-refractivity contribution is 7.92. The fourth-order valence-electron chi connectivity index (χ4n) is 3.96. The lowest BCUT2D eigenvalue weighted by Crippen LogP contribution is -2.47. The topological polar surface area (TPSA) is 97.4 Å². The number of sulfonamides is 1. The van der Waals surface area contributed by atoms with E-state index in [1.165, 1.54) is 14.2 Å². The van der Waals surface area contributed by atoms with Gasteiger partial charge in [-0.05, 0) is 30.2 Å². The summed E-state index contributed by atoms with van der Waals surface area (Å²) in [5, 5.41) is 2.87. The van der Waals surface area contributed by atoms with Crippen molar-refractivity contribution >= 4 is 21.6 Å². The second-order valence-corrected chi connectivity index (χ2v) is 10.1. The normalized spacial score (nSPS) is 15.4. The number of rotatable bonds is 10. The number of benzene rings is 2. The van der Waals surface area contributed by atoms with Crippen LogP contribution in [0.5, 0.6) is 11.5 Å². The number of ether oxygens (including phenoxy) is 3. The molecule has 1 saturated heterocycles. The van der Waals surface area contributed by atoms with Crippen LogP contribution in [-0.2, 0) is 32.6 Å². The summed E-state index contributed by atoms with van der Waals surface area (Å²) < 4.78 is 42.2. The van der Waals surface area contributed by atoms with E-state index in [1.54, 1.807) is 25.1 Å². The molecule has 0 aliphatic carbocycles. The molecular weight excluding hydrogens is 458 g/mol. The molecule has 1 heterocycles. The molecule has 3 rings (SSSR count). The van der Waals surface area contributed by atoms with Crippen LogP contribution < -0.4 is 19.1 Å². The van der Waals surface area contributed by atoms with Crippen LogP contribution in [0.15, 0.2) is 42.5 Å². The number of morpholine rings is 1. The Bertz CT molecular complexity index is 1090. The number of anilines is 1. The van der Waals surface area contributed by atoms with Crippen LogP contribution in [0.4, 0.5) is 5.69 Å². The third-order valence-corrected chi connectivity index (χ3v) is 6.92. The third kappa shape index (κ3) is 6.62. The van der Waals surface area contributed by atoms with Crippen LogP contribution in [0.25, 0.3) is 0 Å². The molecule has 1 atom stereocenters. The number of methoxy groups -OCH3 is 2. The maximum absolute atomic E-state index is 13.0. The van der Waals surface area contributed by atoms with Crippen LogP contribution in [-0.4, -0.2) is 72.0 Å². The van der Waals surface area contributed by atoms with Gasteiger partial charge in [0, 0.05) is 32.2 Å². The number of carbonyl (C=O) groups excluding carboxylic acids is 1. The standard InChI is InChI=1S/C24H33N3O6S/c1-18(27(34(4,29)30)21-8-9-22(31-2)23(15-21)32-3)24(28)25-16-19-6-5-7-20(14-19)17-26-10-12-33-13-11-26/h5-9,14-15,18H,10-13,16-17H2,1-4H3,(H,25,28)/t18-/m1/s1. The molecule has 0 unspecified atom stereocenters. The molecule has 0 aromatic heterocycles. The lowest BCUT2D eigenvalue weighted by molar-refractivity contribution is -0.122. The summed E-state index contributed by atoms with van der Waals surface area (Å²) in [5.41, 5.74) is 2.42. The molecule has 10 heteroatoms. The molecule has 0 bridgehead atoms. The molecule has 2 aromatic carbocycles. The van der Waals surface area contributed by atoms with Crippen LogP contribution in [0, 0.1) is 0 Å². The summed E-state index contributed by atoms with van der Waals surface area (Å²) in [4.78, 5) is 15.3. The third-order valence-electron chi connectivity index (χ3n) is 5.68. The van der Waals surface area contributed by atoms with Gasteiger partial charge in [0.15, 0.2) is 11.5 Å². The van der Waals surface area contributed by atoms with E-state index in [1.807, 2.05) is 12.1 Å². The van der Waals surface area contributed by atoms with Gasteiger partial charge in [-0.2, -0.15) is 0 Å². The molecule has 186 valence electrons. The minimum absolute atomic E-state index is 0.295. The van der Waals surface area contributed by atoms with E-state index in [-0.39, 0.29) is 0 Å². The number of nitrogens with one attached hydrogen (secondary N) is 1. The van der Waals surface area contributed by atoms with Gasteiger partial charge in [-0.25, -0.2) is 8.42 Å². The molecule has 1 N–H and O–H groups in total. The van der Waals surface area contributed by atoms with E-state index < -0.39 is 22.0 Å². The molecule has 1 fully saturated rings. The van der Waals surface area contributed by atoms with Gasteiger partial charge >= 0.3 is 0 Å². The van der Waals surface area contributed by atoms with Gasteiger partial charge in [0.2, 0.25) is 15.9 Å². The minimum atomic E-state index is -3.75. The van der Waals surface area contributed by atoms with E-state index >= 15 is 0 Å². The first-order valence-corrected chi connectivity index (χ1v) is 12.9. The zero-order valence-corrected chi connectivity index (χ0v) is 20.9. The molecule has 0 spiro atoms. The van der Waals surface area contributed by atoms with E-state index in [0.717, 1.165) is 54.5 Å². The van der Waals surface area contributed by atoms with Crippen molar-refractivity contribution in [1.82, 2.24) is 10.2 Å². The van der Waals surface area contributed by atoms with E-state index in [9.17, 15) is 13.2 Å². The second kappa shape index (κ2) is 11.5. The Morgan fingerprint density at radius 3 is 2.41 bits per heavy atom. The fraction of sp³-hybridized carbons (Fsp3) is 0.458. The zero-order valence-electron chi connectivity index (χ0n) is 20.1. The molecule has 1 aliphatic heterocycles. The molecule has 1 amide bonds. The van der Waals surface area contributed by atoms with Crippen molar-refractivity contribution < 1.29 is 27.4 Å². The molecular formula is C24H33N3O6S. The molecule has 2 aromatic rings. The van der Waals surface area contributed by atoms with Crippen molar-refractivity contribution in [2.75, 3.05) is 51.1 Å². The Labute approximate surface area is 201 Å². The summed E-state index contributed by atoms with van der Waals surface area (Å²) in [6, 6.07) is 11.8. The first-order chi connectivity index (χ1) is 16.2. The summed E-state index contributed by atoms with van der Waals surface area (Å²) in [6.45, 7) is 5.95. The van der Waals surface area contributed by atoms with Crippen molar-refractivity contribution in [1.29, 1.82) is 0 Å². The lowest BCUT2D eigenvalue weighted by atomic mass is 10.1. The Hall–Kier alpha value is -2.82. The van der Waals surface area contributed by atoms with Gasteiger partial charge in [-0.15, -0.1) is 0 Å². The minimum Gasteiger partial charge on any atom is -0.493 e.